The van der Waals surface area contributed by atoms with Crippen molar-refractivity contribution < 1.29 is 14.3 Å². The number of rotatable bonds is 11. The molecule has 4 heteroatoms. The lowest BCUT2D eigenvalue weighted by Crippen LogP contribution is -2.34. The first kappa shape index (κ1) is 22.4. The van der Waals surface area contributed by atoms with Crippen LogP contribution in [-0.2, 0) is 33.8 Å². The number of esters is 1. The second kappa shape index (κ2) is 11.8. The van der Waals surface area contributed by atoms with Gasteiger partial charge in [0.25, 0.3) is 0 Å². The van der Waals surface area contributed by atoms with Crippen molar-refractivity contribution in [2.75, 3.05) is 13.7 Å². The molecule has 31 heavy (non-hydrogen) atoms. The number of nitrogens with zero attached hydrogens (tertiary/aromatic N) is 1. The molecule has 0 spiro atoms. The van der Waals surface area contributed by atoms with Gasteiger partial charge >= 0.3 is 5.97 Å². The average Bonchev–Trinajstić information content (AvgIpc) is 2.80. The molecule has 0 saturated carbocycles. The van der Waals surface area contributed by atoms with Crippen molar-refractivity contribution in [3.63, 3.8) is 0 Å². The Morgan fingerprint density at radius 2 is 1.19 bits per heavy atom. The van der Waals surface area contributed by atoms with E-state index >= 15 is 0 Å². The van der Waals surface area contributed by atoms with Crippen LogP contribution in [0, 0.1) is 5.92 Å². The number of ketones is 1. The predicted molar refractivity (Wildman–Crippen MR) is 122 cm³/mol. The fourth-order valence-electron chi connectivity index (χ4n) is 3.68. The van der Waals surface area contributed by atoms with E-state index in [4.69, 9.17) is 4.74 Å². The Morgan fingerprint density at radius 3 is 1.65 bits per heavy atom. The molecular weight excluding hydrogens is 386 g/mol. The molecule has 160 valence electrons. The molecule has 3 aromatic rings. The Bertz CT molecular complexity index is 900. The summed E-state index contributed by atoms with van der Waals surface area (Å²) in [5.74, 6) is -0.711. The predicted octanol–water partition coefficient (Wildman–Crippen LogP) is 4.68. The van der Waals surface area contributed by atoms with Crippen molar-refractivity contribution in [3.05, 3.63) is 108 Å². The van der Waals surface area contributed by atoms with Crippen molar-refractivity contribution in [2.45, 2.75) is 25.9 Å². The molecule has 0 aliphatic carbocycles. The summed E-state index contributed by atoms with van der Waals surface area (Å²) < 4.78 is 4.86. The molecule has 0 aromatic heterocycles. The quantitative estimate of drug-likeness (QED) is 0.427. The summed E-state index contributed by atoms with van der Waals surface area (Å²) in [6.45, 7) is 1.60. The van der Waals surface area contributed by atoms with Crippen molar-refractivity contribution in [2.24, 2.45) is 5.92 Å². The number of ether oxygens (including phenoxy) is 1. The Kier molecular flexibility index (Phi) is 8.56. The third kappa shape index (κ3) is 7.50. The second-order valence-corrected chi connectivity index (χ2v) is 7.75. The van der Waals surface area contributed by atoms with Gasteiger partial charge in [-0.3, -0.25) is 14.5 Å². The minimum absolute atomic E-state index is 0.0566. The van der Waals surface area contributed by atoms with Crippen molar-refractivity contribution in [3.8, 4) is 0 Å². The molecule has 0 saturated heterocycles. The fourth-order valence-corrected chi connectivity index (χ4v) is 3.68. The molecule has 3 aromatic carbocycles. The number of hydrogen-bond acceptors (Lipinski definition) is 4. The van der Waals surface area contributed by atoms with E-state index in [1.54, 1.807) is 0 Å². The van der Waals surface area contributed by atoms with Gasteiger partial charge in [-0.05, 0) is 23.1 Å². The van der Waals surface area contributed by atoms with Gasteiger partial charge in [0.2, 0.25) is 0 Å². The SMILES string of the molecule is COC(=O)C[C@@H](Cc1ccccc1)C(=O)CN(Cc1ccccc1)Cc1ccccc1. The normalized spacial score (nSPS) is 11.8. The van der Waals surface area contributed by atoms with Gasteiger partial charge in [-0.2, -0.15) is 0 Å². The molecule has 0 heterocycles. The van der Waals surface area contributed by atoms with E-state index in [0.717, 1.165) is 16.7 Å². The molecule has 1 atom stereocenters. The van der Waals surface area contributed by atoms with Gasteiger partial charge in [0.15, 0.2) is 5.78 Å². The van der Waals surface area contributed by atoms with Crippen molar-refractivity contribution in [1.29, 1.82) is 0 Å². The largest absolute Gasteiger partial charge is 0.469 e. The minimum atomic E-state index is -0.413. The Labute approximate surface area is 184 Å². The van der Waals surface area contributed by atoms with Crippen LogP contribution >= 0.6 is 0 Å². The lowest BCUT2D eigenvalue weighted by molar-refractivity contribution is -0.144. The average molecular weight is 416 g/mol. The topological polar surface area (TPSA) is 46.6 Å². The third-order valence-electron chi connectivity index (χ3n) is 5.30. The zero-order valence-corrected chi connectivity index (χ0v) is 17.9. The first-order chi connectivity index (χ1) is 15.1. The van der Waals surface area contributed by atoms with E-state index in [0.29, 0.717) is 19.5 Å². The maximum atomic E-state index is 13.3. The van der Waals surface area contributed by atoms with E-state index in [9.17, 15) is 9.59 Å². The van der Waals surface area contributed by atoms with Crippen LogP contribution in [0.1, 0.15) is 23.1 Å². The van der Waals surface area contributed by atoms with Crippen LogP contribution < -0.4 is 0 Å². The molecule has 0 radical (unpaired) electrons. The third-order valence-corrected chi connectivity index (χ3v) is 5.30. The second-order valence-electron chi connectivity index (χ2n) is 7.75. The highest BCUT2D eigenvalue weighted by molar-refractivity contribution is 5.87. The number of hydrogen-bond donors (Lipinski definition) is 0. The van der Waals surface area contributed by atoms with Gasteiger partial charge in [0, 0.05) is 19.0 Å². The highest BCUT2D eigenvalue weighted by Gasteiger charge is 2.25. The zero-order chi connectivity index (χ0) is 21.9. The lowest BCUT2D eigenvalue weighted by atomic mass is 9.91. The van der Waals surface area contributed by atoms with Crippen LogP contribution in [0.3, 0.4) is 0 Å². The van der Waals surface area contributed by atoms with Crippen LogP contribution in [0.15, 0.2) is 91.0 Å². The molecule has 0 N–H and O–H groups in total. The van der Waals surface area contributed by atoms with E-state index < -0.39 is 5.92 Å². The highest BCUT2D eigenvalue weighted by atomic mass is 16.5. The lowest BCUT2D eigenvalue weighted by Gasteiger charge is -2.24. The smallest absolute Gasteiger partial charge is 0.306 e. The standard InChI is InChI=1S/C27H29NO3/c1-31-27(30)18-25(17-22-11-5-2-6-12-22)26(29)21-28(19-23-13-7-3-8-14-23)20-24-15-9-4-10-16-24/h2-16,25H,17-21H2,1H3/t25-/m1/s1. The summed E-state index contributed by atoms with van der Waals surface area (Å²) >= 11 is 0. The number of carbonyl (C=O) groups excluding carboxylic acids is 2. The highest BCUT2D eigenvalue weighted by Crippen LogP contribution is 2.17. The van der Waals surface area contributed by atoms with E-state index in [-0.39, 0.29) is 24.7 Å². The van der Waals surface area contributed by atoms with E-state index in [1.807, 2.05) is 66.7 Å². The molecule has 0 aliphatic rings. The van der Waals surface area contributed by atoms with E-state index in [1.165, 1.54) is 7.11 Å². The fraction of sp³-hybridized carbons (Fsp3) is 0.259. The minimum Gasteiger partial charge on any atom is -0.469 e. The first-order valence-electron chi connectivity index (χ1n) is 10.6. The van der Waals surface area contributed by atoms with Gasteiger partial charge in [-0.1, -0.05) is 91.0 Å². The van der Waals surface area contributed by atoms with Crippen molar-refractivity contribution >= 4 is 11.8 Å². The molecule has 0 unspecified atom stereocenters. The Balaban J connectivity index is 1.76. The Morgan fingerprint density at radius 1 is 0.742 bits per heavy atom. The Hall–Kier alpha value is -3.24. The van der Waals surface area contributed by atoms with Crippen LogP contribution in [0.25, 0.3) is 0 Å². The first-order valence-corrected chi connectivity index (χ1v) is 10.6. The number of Topliss-reactive ketones (excluding diaryl/α,β-unsaturated/α-hetero) is 1. The van der Waals surface area contributed by atoms with E-state index in [2.05, 4.69) is 29.2 Å². The summed E-state index contributed by atoms with van der Waals surface area (Å²) in [4.78, 5) is 27.5. The van der Waals surface area contributed by atoms with Crippen LogP contribution in [0.5, 0.6) is 0 Å². The molecular formula is C27H29NO3. The van der Waals surface area contributed by atoms with Crippen molar-refractivity contribution in [1.82, 2.24) is 4.90 Å². The zero-order valence-electron chi connectivity index (χ0n) is 17.9. The van der Waals surface area contributed by atoms with Gasteiger partial charge in [0.05, 0.1) is 20.1 Å². The number of carbonyl (C=O) groups is 2. The summed E-state index contributed by atoms with van der Waals surface area (Å²) in [6.07, 6.45) is 0.619. The summed E-state index contributed by atoms with van der Waals surface area (Å²) in [5.41, 5.74) is 3.35. The maximum Gasteiger partial charge on any atom is 0.306 e. The summed E-state index contributed by atoms with van der Waals surface area (Å²) in [7, 11) is 1.36. The van der Waals surface area contributed by atoms with Gasteiger partial charge < -0.3 is 4.74 Å². The summed E-state index contributed by atoms with van der Waals surface area (Å²) in [5, 5.41) is 0. The monoisotopic (exact) mass is 415 g/mol. The number of methoxy groups -OCH3 is 1. The molecule has 0 fully saturated rings. The van der Waals surface area contributed by atoms with Crippen LogP contribution in [0.4, 0.5) is 0 Å². The molecule has 0 amide bonds. The molecule has 4 nitrogen and oxygen atoms in total. The van der Waals surface area contributed by atoms with Crippen LogP contribution in [0.2, 0.25) is 0 Å². The molecule has 0 bridgehead atoms. The van der Waals surface area contributed by atoms with Gasteiger partial charge in [-0.15, -0.1) is 0 Å². The summed E-state index contributed by atoms with van der Waals surface area (Å²) in [6, 6.07) is 30.1. The van der Waals surface area contributed by atoms with Gasteiger partial charge in [-0.25, -0.2) is 0 Å². The molecule has 3 rings (SSSR count). The van der Waals surface area contributed by atoms with Crippen LogP contribution in [-0.4, -0.2) is 30.3 Å². The maximum absolute atomic E-state index is 13.3. The molecule has 0 aliphatic heterocycles. The number of benzene rings is 3. The van der Waals surface area contributed by atoms with Gasteiger partial charge in [0.1, 0.15) is 0 Å².